The van der Waals surface area contributed by atoms with Crippen molar-refractivity contribution in [2.75, 3.05) is 13.1 Å². The smallest absolute Gasteiger partial charge is 0.303 e. The summed E-state index contributed by atoms with van der Waals surface area (Å²) in [6.07, 6.45) is 7.67. The van der Waals surface area contributed by atoms with E-state index >= 15 is 0 Å². The average Bonchev–Trinajstić information content (AvgIpc) is 2.67. The van der Waals surface area contributed by atoms with Gasteiger partial charge in [0.2, 0.25) is 0 Å². The molecule has 104 valence electrons. The van der Waals surface area contributed by atoms with Crippen LogP contribution >= 0.6 is 0 Å². The molecule has 0 spiro atoms. The lowest BCUT2D eigenvalue weighted by Gasteiger charge is -2.37. The Kier molecular flexibility index (Phi) is 4.31. The summed E-state index contributed by atoms with van der Waals surface area (Å²) in [6, 6.07) is 0.757. The molecule has 2 rings (SSSR count). The highest BCUT2D eigenvalue weighted by Crippen LogP contribution is 2.40. The molecule has 1 aliphatic carbocycles. The van der Waals surface area contributed by atoms with Gasteiger partial charge in [-0.3, -0.25) is 4.79 Å². The van der Waals surface area contributed by atoms with Crippen molar-refractivity contribution in [3.8, 4) is 0 Å². The molecule has 1 saturated carbocycles. The van der Waals surface area contributed by atoms with Crippen molar-refractivity contribution in [1.82, 2.24) is 4.90 Å². The summed E-state index contributed by atoms with van der Waals surface area (Å²) < 4.78 is 0. The molecule has 2 atom stereocenters. The first-order valence-corrected chi connectivity index (χ1v) is 7.42. The molecule has 0 bridgehead atoms. The Bertz CT molecular complexity index is 301. The number of carboxylic acids is 1. The number of carboxylic acid groups (broad SMARTS) is 1. The Balaban J connectivity index is 1.81. The van der Waals surface area contributed by atoms with E-state index < -0.39 is 5.97 Å². The molecule has 3 heteroatoms. The number of likely N-dealkylation sites (tertiary alicyclic amines) is 1. The molecule has 1 N–H and O–H groups in total. The van der Waals surface area contributed by atoms with E-state index in [2.05, 4.69) is 18.7 Å². The van der Waals surface area contributed by atoms with Crippen LogP contribution in [0.1, 0.15) is 58.8 Å². The van der Waals surface area contributed by atoms with Crippen LogP contribution in [0.4, 0.5) is 0 Å². The molecule has 1 aliphatic heterocycles. The predicted octanol–water partition coefficient (Wildman–Crippen LogP) is 3.14. The maximum Gasteiger partial charge on any atom is 0.303 e. The Morgan fingerprint density at radius 3 is 2.78 bits per heavy atom. The van der Waals surface area contributed by atoms with Crippen LogP contribution in [0.2, 0.25) is 0 Å². The lowest BCUT2D eigenvalue weighted by Crippen LogP contribution is -2.42. The van der Waals surface area contributed by atoms with E-state index in [1.54, 1.807) is 0 Å². The van der Waals surface area contributed by atoms with E-state index in [0.29, 0.717) is 17.8 Å². The van der Waals surface area contributed by atoms with Crippen LogP contribution in [0.3, 0.4) is 0 Å². The summed E-state index contributed by atoms with van der Waals surface area (Å²) in [5.41, 5.74) is 0.513. The van der Waals surface area contributed by atoms with Crippen LogP contribution in [0.25, 0.3) is 0 Å². The second kappa shape index (κ2) is 5.60. The lowest BCUT2D eigenvalue weighted by atomic mass is 9.90. The van der Waals surface area contributed by atoms with E-state index in [0.717, 1.165) is 19.0 Å². The van der Waals surface area contributed by atoms with Crippen LogP contribution in [0, 0.1) is 11.3 Å². The molecule has 1 saturated heterocycles. The number of carbonyl (C=O) groups is 1. The largest absolute Gasteiger partial charge is 0.481 e. The number of rotatable bonds is 4. The zero-order valence-corrected chi connectivity index (χ0v) is 11.8. The zero-order valence-electron chi connectivity index (χ0n) is 11.8. The number of nitrogens with zero attached hydrogens (tertiary/aromatic N) is 1. The lowest BCUT2D eigenvalue weighted by molar-refractivity contribution is -0.137. The molecule has 3 nitrogen and oxygen atoms in total. The highest BCUT2D eigenvalue weighted by molar-refractivity contribution is 5.66. The van der Waals surface area contributed by atoms with Gasteiger partial charge in [-0.25, -0.2) is 0 Å². The van der Waals surface area contributed by atoms with Crippen LogP contribution in [0.15, 0.2) is 0 Å². The maximum absolute atomic E-state index is 10.7. The second-order valence-electron chi connectivity index (χ2n) is 7.00. The summed E-state index contributed by atoms with van der Waals surface area (Å²) in [6.45, 7) is 7.11. The number of hydrogen-bond acceptors (Lipinski definition) is 2. The Labute approximate surface area is 111 Å². The van der Waals surface area contributed by atoms with Gasteiger partial charge >= 0.3 is 5.97 Å². The van der Waals surface area contributed by atoms with Gasteiger partial charge in [-0.2, -0.15) is 0 Å². The monoisotopic (exact) mass is 253 g/mol. The molecule has 18 heavy (non-hydrogen) atoms. The fourth-order valence-corrected chi connectivity index (χ4v) is 3.70. The first-order chi connectivity index (χ1) is 8.46. The molecule has 0 radical (unpaired) electrons. The highest BCUT2D eigenvalue weighted by atomic mass is 16.4. The molecule has 2 aliphatic rings. The molecular weight excluding hydrogens is 226 g/mol. The van der Waals surface area contributed by atoms with E-state index in [1.807, 2.05) is 0 Å². The van der Waals surface area contributed by atoms with E-state index in [-0.39, 0.29) is 0 Å². The second-order valence-corrected chi connectivity index (χ2v) is 7.00. The van der Waals surface area contributed by atoms with Crippen molar-refractivity contribution in [2.45, 2.75) is 64.8 Å². The molecule has 2 fully saturated rings. The molecule has 0 aromatic heterocycles. The third-order valence-electron chi connectivity index (χ3n) is 4.78. The SMILES string of the molecule is CC1(C)CCC(N2CCCC(CCC(=O)O)C2)C1. The minimum atomic E-state index is -0.644. The zero-order chi connectivity index (χ0) is 13.2. The quantitative estimate of drug-likeness (QED) is 0.836. The van der Waals surface area contributed by atoms with Crippen molar-refractivity contribution in [2.24, 2.45) is 11.3 Å². The van der Waals surface area contributed by atoms with Crippen molar-refractivity contribution in [3.63, 3.8) is 0 Å². The minimum Gasteiger partial charge on any atom is -0.481 e. The van der Waals surface area contributed by atoms with Gasteiger partial charge in [0.15, 0.2) is 0 Å². The normalized spacial score (nSPS) is 32.6. The fourth-order valence-electron chi connectivity index (χ4n) is 3.70. The van der Waals surface area contributed by atoms with Crippen LogP contribution < -0.4 is 0 Å². The van der Waals surface area contributed by atoms with Crippen LogP contribution in [-0.4, -0.2) is 35.1 Å². The van der Waals surface area contributed by atoms with E-state index in [1.165, 1.54) is 38.6 Å². The Morgan fingerprint density at radius 2 is 2.17 bits per heavy atom. The summed E-state index contributed by atoms with van der Waals surface area (Å²) in [5, 5.41) is 8.78. The first kappa shape index (κ1) is 13.9. The summed E-state index contributed by atoms with van der Waals surface area (Å²) in [5.74, 6) is -0.0346. The molecule has 2 unspecified atom stereocenters. The molecular formula is C15H27NO2. The predicted molar refractivity (Wildman–Crippen MR) is 72.6 cm³/mol. The van der Waals surface area contributed by atoms with Gasteiger partial charge in [-0.1, -0.05) is 13.8 Å². The van der Waals surface area contributed by atoms with Gasteiger partial charge in [-0.15, -0.1) is 0 Å². The number of hydrogen-bond donors (Lipinski definition) is 1. The van der Waals surface area contributed by atoms with Crippen molar-refractivity contribution in [1.29, 1.82) is 0 Å². The summed E-state index contributed by atoms with van der Waals surface area (Å²) in [4.78, 5) is 13.3. The first-order valence-electron chi connectivity index (χ1n) is 7.42. The topological polar surface area (TPSA) is 40.5 Å². The van der Waals surface area contributed by atoms with E-state index in [9.17, 15) is 4.79 Å². The van der Waals surface area contributed by atoms with Crippen molar-refractivity contribution < 1.29 is 9.90 Å². The molecule has 1 heterocycles. The molecule has 0 aromatic rings. The van der Waals surface area contributed by atoms with Gasteiger partial charge in [0, 0.05) is 19.0 Å². The maximum atomic E-state index is 10.7. The standard InChI is InChI=1S/C15H27NO2/c1-15(2)8-7-13(10-15)16-9-3-4-12(11-16)5-6-14(17)18/h12-13H,3-11H2,1-2H3,(H,17,18). The summed E-state index contributed by atoms with van der Waals surface area (Å²) >= 11 is 0. The molecule has 0 aromatic carbocycles. The van der Waals surface area contributed by atoms with Gasteiger partial charge in [0.05, 0.1) is 0 Å². The van der Waals surface area contributed by atoms with E-state index in [4.69, 9.17) is 5.11 Å². The third-order valence-corrected chi connectivity index (χ3v) is 4.78. The fraction of sp³-hybridized carbons (Fsp3) is 0.933. The van der Waals surface area contributed by atoms with Crippen LogP contribution in [0.5, 0.6) is 0 Å². The van der Waals surface area contributed by atoms with Gasteiger partial charge < -0.3 is 10.0 Å². The molecule has 0 amide bonds. The van der Waals surface area contributed by atoms with Gasteiger partial charge in [-0.05, 0) is 56.4 Å². The van der Waals surface area contributed by atoms with Gasteiger partial charge in [0.1, 0.15) is 0 Å². The van der Waals surface area contributed by atoms with Crippen LogP contribution in [-0.2, 0) is 4.79 Å². The number of aliphatic carboxylic acids is 1. The third kappa shape index (κ3) is 3.71. The summed E-state index contributed by atoms with van der Waals surface area (Å²) in [7, 11) is 0. The van der Waals surface area contributed by atoms with Crippen molar-refractivity contribution >= 4 is 5.97 Å². The highest BCUT2D eigenvalue weighted by Gasteiger charge is 2.35. The minimum absolute atomic E-state index is 0.342. The van der Waals surface area contributed by atoms with Crippen molar-refractivity contribution in [3.05, 3.63) is 0 Å². The van der Waals surface area contributed by atoms with Gasteiger partial charge in [0.25, 0.3) is 0 Å². The number of piperidine rings is 1. The Hall–Kier alpha value is -0.570. The Morgan fingerprint density at radius 1 is 1.39 bits per heavy atom. The average molecular weight is 253 g/mol.